The molecule has 0 bridgehead atoms. The van der Waals surface area contributed by atoms with E-state index in [4.69, 9.17) is 15.7 Å². The molecule has 0 spiro atoms. The molecule has 2 aromatic carbocycles. The molecule has 0 saturated carbocycles. The molecule has 9 nitrogen and oxygen atoms in total. The van der Waals surface area contributed by atoms with Gasteiger partial charge in [-0.1, -0.05) is 48.5 Å². The van der Waals surface area contributed by atoms with Gasteiger partial charge in [-0.15, -0.1) is 0 Å². The highest BCUT2D eigenvalue weighted by Gasteiger charge is 2.17. The van der Waals surface area contributed by atoms with Crippen molar-refractivity contribution in [3.05, 3.63) is 108 Å². The van der Waals surface area contributed by atoms with E-state index in [2.05, 4.69) is 33.5 Å². The fourth-order valence-electron chi connectivity index (χ4n) is 4.11. The number of nitrogens with one attached hydrogen (secondary N) is 1. The first-order valence-electron chi connectivity index (χ1n) is 11.7. The highest BCUT2D eigenvalue weighted by atomic mass is 16.3. The van der Waals surface area contributed by atoms with E-state index >= 15 is 0 Å². The highest BCUT2D eigenvalue weighted by molar-refractivity contribution is 6.02. The molecule has 1 amide bonds. The number of rotatable bonds is 9. The zero-order chi connectivity index (χ0) is 25.6. The van der Waals surface area contributed by atoms with Crippen LogP contribution < -0.4 is 11.1 Å². The smallest absolute Gasteiger partial charge is 0.287 e. The lowest BCUT2D eigenvalue weighted by Crippen LogP contribution is -2.24. The second-order valence-corrected chi connectivity index (χ2v) is 8.48. The van der Waals surface area contributed by atoms with Crippen LogP contribution in [0.4, 0.5) is 5.82 Å². The van der Waals surface area contributed by atoms with Crippen LogP contribution in [-0.4, -0.2) is 37.1 Å². The third-order valence-corrected chi connectivity index (χ3v) is 5.72. The van der Waals surface area contributed by atoms with E-state index in [9.17, 15) is 9.70 Å². The lowest BCUT2D eigenvalue weighted by Gasteiger charge is -2.14. The number of nitrogens with zero attached hydrogens (tertiary/aromatic N) is 5. The number of hydrogen-bond acceptors (Lipinski definition) is 7. The lowest BCUT2D eigenvalue weighted by atomic mass is 10.0. The van der Waals surface area contributed by atoms with Crippen LogP contribution in [0.25, 0.3) is 33.4 Å². The van der Waals surface area contributed by atoms with Gasteiger partial charge in [0.1, 0.15) is 5.82 Å². The number of pyridine rings is 2. The molecule has 0 aliphatic rings. The quantitative estimate of drug-likeness (QED) is 0.297. The van der Waals surface area contributed by atoms with Crippen LogP contribution in [0.1, 0.15) is 11.3 Å². The van der Waals surface area contributed by atoms with Crippen LogP contribution in [0.15, 0.2) is 91.4 Å². The van der Waals surface area contributed by atoms with Gasteiger partial charge in [0.2, 0.25) is 6.54 Å². The van der Waals surface area contributed by atoms with Gasteiger partial charge in [-0.3, -0.25) is 14.8 Å². The summed E-state index contributed by atoms with van der Waals surface area (Å²) in [6.07, 6.45) is 4.98. The molecule has 0 atom stereocenters. The Morgan fingerprint density at radius 2 is 1.76 bits per heavy atom. The molecule has 0 unspecified atom stereocenters. The topological polar surface area (TPSA) is 127 Å². The summed E-state index contributed by atoms with van der Waals surface area (Å²) in [5.74, 6) is 0.437. The summed E-state index contributed by atoms with van der Waals surface area (Å²) >= 11 is 0. The summed E-state index contributed by atoms with van der Waals surface area (Å²) in [5.41, 5.74) is 10.1. The maximum absolute atomic E-state index is 12.0. The van der Waals surface area contributed by atoms with E-state index in [1.54, 1.807) is 24.7 Å². The van der Waals surface area contributed by atoms with Crippen LogP contribution in [0, 0.1) is 4.91 Å². The molecule has 182 valence electrons. The minimum atomic E-state index is -0.685. The average Bonchev–Trinajstić information content (AvgIpc) is 2.92. The van der Waals surface area contributed by atoms with Gasteiger partial charge < -0.3 is 11.1 Å². The number of nitrogens with two attached hydrogens (primary N) is 1. The van der Waals surface area contributed by atoms with E-state index < -0.39 is 5.91 Å². The third-order valence-electron chi connectivity index (χ3n) is 5.72. The molecular weight excluding hydrogens is 466 g/mol. The summed E-state index contributed by atoms with van der Waals surface area (Å²) in [6, 6.07) is 23.6. The number of benzene rings is 2. The number of aromatic nitrogens is 4. The molecule has 9 heteroatoms. The Morgan fingerprint density at radius 1 is 0.919 bits per heavy atom. The van der Waals surface area contributed by atoms with Crippen molar-refractivity contribution in [2.45, 2.75) is 13.1 Å². The van der Waals surface area contributed by atoms with Crippen LogP contribution in [0.2, 0.25) is 0 Å². The van der Waals surface area contributed by atoms with Gasteiger partial charge >= 0.3 is 0 Å². The van der Waals surface area contributed by atoms with Crippen LogP contribution in [-0.2, 0) is 17.9 Å². The minimum absolute atomic E-state index is 0.0275. The van der Waals surface area contributed by atoms with Gasteiger partial charge in [0.25, 0.3) is 12.5 Å². The largest absolute Gasteiger partial charge is 0.364 e. The number of carbonyl (C=O) groups excluding carboxylic acids is 1. The molecule has 0 aliphatic carbocycles. The van der Waals surface area contributed by atoms with Crippen molar-refractivity contribution < 1.29 is 9.55 Å². The summed E-state index contributed by atoms with van der Waals surface area (Å²) in [7, 11) is 0. The molecule has 0 aliphatic heterocycles. The highest BCUT2D eigenvalue weighted by Crippen LogP contribution is 2.34. The fourth-order valence-corrected chi connectivity index (χ4v) is 4.11. The Bertz CT molecular complexity index is 1570. The zero-order valence-corrected chi connectivity index (χ0v) is 19.9. The predicted molar refractivity (Wildman–Crippen MR) is 141 cm³/mol. The number of hydrogen-bond donors (Lipinski definition) is 2. The number of fused-ring (bicyclic) bond motifs is 1. The van der Waals surface area contributed by atoms with Gasteiger partial charge in [-0.2, -0.15) is 0 Å². The number of amides is 1. The predicted octanol–water partition coefficient (Wildman–Crippen LogP) is 4.13. The first-order chi connectivity index (χ1) is 18.1. The second kappa shape index (κ2) is 10.7. The van der Waals surface area contributed by atoms with Crippen molar-refractivity contribution in [3.63, 3.8) is 0 Å². The molecule has 5 rings (SSSR count). The van der Waals surface area contributed by atoms with Crippen molar-refractivity contribution >= 4 is 22.6 Å². The zero-order valence-electron chi connectivity index (χ0n) is 19.9. The maximum atomic E-state index is 12.0. The van der Waals surface area contributed by atoms with Crippen LogP contribution in [0.3, 0.4) is 0 Å². The molecule has 0 fully saturated rings. The standard InChI is InChI=1S/C28H23N7O2/c29-25(36)18-35(37)17-19-13-21(15-30-14-19)27-33-24-11-6-10-23(20-7-2-1-3-8-20)26(24)28(34-27)32-16-22-9-4-5-12-31-22/h1-15H,16-18H2,(H2-,29,32,33,34,36)/p+1. The van der Waals surface area contributed by atoms with Crippen molar-refractivity contribution in [2.75, 3.05) is 11.9 Å². The first kappa shape index (κ1) is 23.7. The number of carbonyl (C=O) groups is 1. The molecule has 5 aromatic rings. The fraction of sp³-hybridized carbons (Fsp3) is 0.107. The molecular formula is C28H24N7O2+. The van der Waals surface area contributed by atoms with Gasteiger partial charge in [-0.25, -0.2) is 9.97 Å². The first-order valence-corrected chi connectivity index (χ1v) is 11.7. The van der Waals surface area contributed by atoms with Gasteiger partial charge in [0.05, 0.1) is 23.1 Å². The molecule has 3 aromatic heterocycles. The Labute approximate surface area is 213 Å². The maximum Gasteiger partial charge on any atom is 0.287 e. The van der Waals surface area contributed by atoms with E-state index in [0.29, 0.717) is 34.1 Å². The van der Waals surface area contributed by atoms with Crippen molar-refractivity contribution in [1.29, 1.82) is 0 Å². The van der Waals surface area contributed by atoms with Gasteiger partial charge in [0.15, 0.2) is 5.82 Å². The molecule has 37 heavy (non-hydrogen) atoms. The van der Waals surface area contributed by atoms with Crippen molar-refractivity contribution in [1.82, 2.24) is 19.9 Å². The Hall–Kier alpha value is -5.05. The number of nitroso groups, excluding NO2 is 1. The van der Waals surface area contributed by atoms with Crippen molar-refractivity contribution in [2.24, 2.45) is 5.73 Å². The average molecular weight is 491 g/mol. The molecule has 3 N–H and O–H groups in total. The lowest BCUT2D eigenvalue weighted by molar-refractivity contribution is -0.553. The molecule has 3 heterocycles. The summed E-state index contributed by atoms with van der Waals surface area (Å²) in [6.45, 7) is 0.0624. The SMILES string of the molecule is NC(=O)C[N+](=O)Cc1cncc(-c2nc(NCc3ccccn3)c3c(-c4ccccc4)cccc3n2)c1. The second-order valence-electron chi connectivity index (χ2n) is 8.48. The Kier molecular flexibility index (Phi) is 6.84. The Balaban J connectivity index is 1.58. The molecule has 0 radical (unpaired) electrons. The van der Waals surface area contributed by atoms with E-state index in [1.807, 2.05) is 48.5 Å². The number of primary amides is 1. The van der Waals surface area contributed by atoms with Gasteiger partial charge in [0, 0.05) is 39.4 Å². The van der Waals surface area contributed by atoms with E-state index in [1.165, 1.54) is 0 Å². The Morgan fingerprint density at radius 3 is 2.54 bits per heavy atom. The van der Waals surface area contributed by atoms with Crippen LogP contribution >= 0.6 is 0 Å². The monoisotopic (exact) mass is 490 g/mol. The summed E-state index contributed by atoms with van der Waals surface area (Å²) < 4.78 is 0.594. The summed E-state index contributed by atoms with van der Waals surface area (Å²) in [5, 5.41) is 4.34. The van der Waals surface area contributed by atoms with E-state index in [-0.39, 0.29) is 13.1 Å². The molecule has 0 saturated heterocycles. The number of anilines is 1. The van der Waals surface area contributed by atoms with Crippen LogP contribution in [0.5, 0.6) is 0 Å². The normalized spacial score (nSPS) is 10.8. The third kappa shape index (κ3) is 5.62. The van der Waals surface area contributed by atoms with Gasteiger partial charge in [-0.05, 0) is 35.4 Å². The summed E-state index contributed by atoms with van der Waals surface area (Å²) in [4.78, 5) is 41.5. The minimum Gasteiger partial charge on any atom is -0.364 e. The van der Waals surface area contributed by atoms with E-state index in [0.717, 1.165) is 27.7 Å². The van der Waals surface area contributed by atoms with Crippen molar-refractivity contribution in [3.8, 4) is 22.5 Å².